The number of nitrogens with one attached hydrogen (secondary N) is 1. The van der Waals surface area contributed by atoms with Crippen LogP contribution in [0, 0.1) is 6.92 Å². The SMILES string of the molecule is COc1cccc(/C=N/Nc2cc(C)nc(-c3ccc(Br)cc3)n2)c1O. The van der Waals surface area contributed by atoms with Gasteiger partial charge in [0.1, 0.15) is 0 Å². The maximum atomic E-state index is 10.1. The molecule has 7 heteroatoms. The van der Waals surface area contributed by atoms with Crippen LogP contribution in [0.15, 0.2) is 58.1 Å². The molecule has 26 heavy (non-hydrogen) atoms. The van der Waals surface area contributed by atoms with E-state index in [9.17, 15) is 5.11 Å². The number of aromatic hydroxyl groups is 1. The van der Waals surface area contributed by atoms with Gasteiger partial charge in [0.25, 0.3) is 0 Å². The van der Waals surface area contributed by atoms with E-state index in [1.54, 1.807) is 24.3 Å². The summed E-state index contributed by atoms with van der Waals surface area (Å²) in [6.07, 6.45) is 1.51. The summed E-state index contributed by atoms with van der Waals surface area (Å²) >= 11 is 3.42. The quantitative estimate of drug-likeness (QED) is 0.480. The summed E-state index contributed by atoms with van der Waals surface area (Å²) < 4.78 is 6.08. The number of rotatable bonds is 5. The molecule has 0 atom stereocenters. The van der Waals surface area contributed by atoms with Crippen molar-refractivity contribution in [2.24, 2.45) is 5.10 Å². The van der Waals surface area contributed by atoms with Crippen molar-refractivity contribution in [1.82, 2.24) is 9.97 Å². The molecule has 132 valence electrons. The molecule has 2 N–H and O–H groups in total. The van der Waals surface area contributed by atoms with Crippen LogP contribution in [0.2, 0.25) is 0 Å². The van der Waals surface area contributed by atoms with E-state index in [0.29, 0.717) is 23.0 Å². The third kappa shape index (κ3) is 4.18. The summed E-state index contributed by atoms with van der Waals surface area (Å²) in [6, 6.07) is 14.8. The highest BCUT2D eigenvalue weighted by Crippen LogP contribution is 2.28. The fourth-order valence-electron chi connectivity index (χ4n) is 2.33. The predicted octanol–water partition coefficient (Wildman–Crippen LogP) is 4.37. The minimum absolute atomic E-state index is 0.0370. The zero-order chi connectivity index (χ0) is 18.5. The van der Waals surface area contributed by atoms with Crippen molar-refractivity contribution in [3.8, 4) is 22.9 Å². The Hall–Kier alpha value is -2.93. The van der Waals surface area contributed by atoms with Crippen LogP contribution >= 0.6 is 15.9 Å². The number of hydrogen-bond acceptors (Lipinski definition) is 6. The minimum atomic E-state index is 0.0370. The molecular formula is C19H17BrN4O2. The van der Waals surface area contributed by atoms with Crippen LogP contribution in [0.3, 0.4) is 0 Å². The monoisotopic (exact) mass is 412 g/mol. The van der Waals surface area contributed by atoms with Crippen molar-refractivity contribution < 1.29 is 9.84 Å². The molecule has 0 aliphatic heterocycles. The molecule has 2 aromatic carbocycles. The van der Waals surface area contributed by atoms with Gasteiger partial charge < -0.3 is 9.84 Å². The maximum absolute atomic E-state index is 10.1. The number of para-hydroxylation sites is 1. The number of phenols is 1. The Bertz CT molecular complexity index is 943. The fraction of sp³-hybridized carbons (Fsp3) is 0.105. The van der Waals surface area contributed by atoms with Gasteiger partial charge in [0.15, 0.2) is 23.1 Å². The summed E-state index contributed by atoms with van der Waals surface area (Å²) in [5, 5.41) is 14.2. The number of hydrazone groups is 1. The largest absolute Gasteiger partial charge is 0.504 e. The topological polar surface area (TPSA) is 79.6 Å². The zero-order valence-electron chi connectivity index (χ0n) is 14.3. The third-order valence-electron chi connectivity index (χ3n) is 3.59. The lowest BCUT2D eigenvalue weighted by atomic mass is 10.2. The van der Waals surface area contributed by atoms with Crippen molar-refractivity contribution >= 4 is 28.0 Å². The molecule has 6 nitrogen and oxygen atoms in total. The second-order valence-corrected chi connectivity index (χ2v) is 6.41. The molecule has 0 aliphatic carbocycles. The summed E-state index contributed by atoms with van der Waals surface area (Å²) in [7, 11) is 1.50. The minimum Gasteiger partial charge on any atom is -0.504 e. The van der Waals surface area contributed by atoms with Crippen molar-refractivity contribution in [2.45, 2.75) is 6.92 Å². The Balaban J connectivity index is 1.81. The molecule has 0 spiro atoms. The van der Waals surface area contributed by atoms with Gasteiger partial charge in [0, 0.05) is 27.4 Å². The molecule has 3 rings (SSSR count). The van der Waals surface area contributed by atoms with Gasteiger partial charge in [0.2, 0.25) is 0 Å². The number of aryl methyl sites for hydroxylation is 1. The Kier molecular flexibility index (Phi) is 5.48. The average molecular weight is 413 g/mol. The van der Waals surface area contributed by atoms with E-state index in [-0.39, 0.29) is 5.75 Å². The van der Waals surface area contributed by atoms with Gasteiger partial charge in [-0.05, 0) is 31.2 Å². The number of methoxy groups -OCH3 is 1. The van der Waals surface area contributed by atoms with Gasteiger partial charge in [-0.25, -0.2) is 9.97 Å². The second-order valence-electron chi connectivity index (χ2n) is 5.49. The van der Waals surface area contributed by atoms with E-state index in [1.165, 1.54) is 13.3 Å². The van der Waals surface area contributed by atoms with Crippen molar-refractivity contribution in [2.75, 3.05) is 12.5 Å². The summed E-state index contributed by atoms with van der Waals surface area (Å²) in [5.41, 5.74) is 5.15. The first-order chi connectivity index (χ1) is 12.6. The molecule has 0 bridgehead atoms. The van der Waals surface area contributed by atoms with E-state index in [0.717, 1.165) is 15.7 Å². The normalized spacial score (nSPS) is 10.9. The van der Waals surface area contributed by atoms with Gasteiger partial charge in [0.05, 0.1) is 13.3 Å². The smallest absolute Gasteiger partial charge is 0.166 e. The summed E-state index contributed by atoms with van der Waals surface area (Å²) in [6.45, 7) is 1.90. The number of aromatic nitrogens is 2. The number of nitrogens with zero attached hydrogens (tertiary/aromatic N) is 3. The number of hydrogen-bond donors (Lipinski definition) is 2. The Morgan fingerprint density at radius 1 is 1.15 bits per heavy atom. The zero-order valence-corrected chi connectivity index (χ0v) is 15.9. The third-order valence-corrected chi connectivity index (χ3v) is 4.12. The highest BCUT2D eigenvalue weighted by atomic mass is 79.9. The molecule has 0 amide bonds. The predicted molar refractivity (Wildman–Crippen MR) is 106 cm³/mol. The highest BCUT2D eigenvalue weighted by molar-refractivity contribution is 9.10. The lowest BCUT2D eigenvalue weighted by Crippen LogP contribution is -1.99. The first-order valence-electron chi connectivity index (χ1n) is 7.83. The Morgan fingerprint density at radius 3 is 2.65 bits per heavy atom. The van der Waals surface area contributed by atoms with Crippen LogP contribution in [0.4, 0.5) is 5.82 Å². The standard InChI is InChI=1S/C19H17BrN4O2/c1-12-10-17(23-19(22-12)13-6-8-15(20)9-7-13)24-21-11-14-4-3-5-16(26-2)18(14)25/h3-11,25H,1-2H3,(H,22,23,24)/b21-11+. The molecule has 0 saturated carbocycles. The molecule has 0 saturated heterocycles. The summed E-state index contributed by atoms with van der Waals surface area (Å²) in [4.78, 5) is 8.94. The number of phenolic OH excluding ortho intramolecular Hbond substituents is 1. The van der Waals surface area contributed by atoms with Gasteiger partial charge >= 0.3 is 0 Å². The van der Waals surface area contributed by atoms with Crippen LogP contribution < -0.4 is 10.2 Å². The van der Waals surface area contributed by atoms with Crippen LogP contribution in [-0.4, -0.2) is 28.4 Å². The molecule has 0 radical (unpaired) electrons. The molecule has 0 unspecified atom stereocenters. The lowest BCUT2D eigenvalue weighted by molar-refractivity contribution is 0.373. The van der Waals surface area contributed by atoms with E-state index in [1.807, 2.05) is 31.2 Å². The highest BCUT2D eigenvalue weighted by Gasteiger charge is 2.06. The van der Waals surface area contributed by atoms with Gasteiger partial charge in [-0.15, -0.1) is 0 Å². The average Bonchev–Trinajstić information content (AvgIpc) is 2.63. The van der Waals surface area contributed by atoms with E-state index in [4.69, 9.17) is 4.74 Å². The maximum Gasteiger partial charge on any atom is 0.166 e. The molecule has 0 aliphatic rings. The van der Waals surface area contributed by atoms with Crippen LogP contribution in [0.1, 0.15) is 11.3 Å². The van der Waals surface area contributed by atoms with Crippen LogP contribution in [-0.2, 0) is 0 Å². The summed E-state index contributed by atoms with van der Waals surface area (Å²) in [5.74, 6) is 1.60. The molecule has 3 aromatic rings. The van der Waals surface area contributed by atoms with Crippen molar-refractivity contribution in [3.05, 3.63) is 64.3 Å². The van der Waals surface area contributed by atoms with E-state index < -0.39 is 0 Å². The fourth-order valence-corrected chi connectivity index (χ4v) is 2.59. The molecular weight excluding hydrogens is 396 g/mol. The van der Waals surface area contributed by atoms with E-state index in [2.05, 4.69) is 36.4 Å². The van der Waals surface area contributed by atoms with Crippen LogP contribution in [0.5, 0.6) is 11.5 Å². The number of ether oxygens (including phenoxy) is 1. The van der Waals surface area contributed by atoms with Crippen LogP contribution in [0.25, 0.3) is 11.4 Å². The Morgan fingerprint density at radius 2 is 1.92 bits per heavy atom. The lowest BCUT2D eigenvalue weighted by Gasteiger charge is -2.07. The number of benzene rings is 2. The molecule has 1 heterocycles. The van der Waals surface area contributed by atoms with Gasteiger partial charge in [-0.3, -0.25) is 5.43 Å². The first kappa shape index (κ1) is 17.9. The first-order valence-corrected chi connectivity index (χ1v) is 8.63. The Labute approximate surface area is 159 Å². The second kappa shape index (κ2) is 7.97. The van der Waals surface area contributed by atoms with Gasteiger partial charge in [-0.2, -0.15) is 5.10 Å². The molecule has 0 fully saturated rings. The number of anilines is 1. The van der Waals surface area contributed by atoms with Crippen molar-refractivity contribution in [3.63, 3.8) is 0 Å². The van der Waals surface area contributed by atoms with E-state index >= 15 is 0 Å². The van der Waals surface area contributed by atoms with Gasteiger partial charge in [-0.1, -0.05) is 34.1 Å². The molecule has 1 aromatic heterocycles. The van der Waals surface area contributed by atoms with Crippen molar-refractivity contribution in [1.29, 1.82) is 0 Å². The number of halogens is 1.